The van der Waals surface area contributed by atoms with Crippen LogP contribution >= 0.6 is 0 Å². The minimum Gasteiger partial charge on any atom is -0.435 e. The number of hydrogen-bond donors (Lipinski definition) is 1. The van der Waals surface area contributed by atoms with Gasteiger partial charge >= 0.3 is 0 Å². The fraction of sp³-hybridized carbons (Fsp3) is 0. The van der Waals surface area contributed by atoms with Crippen molar-refractivity contribution in [1.82, 2.24) is 4.98 Å². The third kappa shape index (κ3) is 1.03. The summed E-state index contributed by atoms with van der Waals surface area (Å²) in [5.41, 5.74) is 1.44. The first-order chi connectivity index (χ1) is 5.90. The maximum atomic E-state index is 8.21. The van der Waals surface area contributed by atoms with Crippen LogP contribution in [0, 0.1) is 0 Å². The lowest BCUT2D eigenvalue weighted by molar-refractivity contribution is 0.320. The van der Waals surface area contributed by atoms with Gasteiger partial charge < -0.3 is 9.62 Å². The number of fused-ring (bicyclic) bond motifs is 1. The van der Waals surface area contributed by atoms with Crippen molar-refractivity contribution in [2.75, 3.05) is 0 Å². The highest BCUT2D eigenvalue weighted by atomic mass is 16.4. The second kappa shape index (κ2) is 2.65. The van der Waals surface area contributed by atoms with Crippen LogP contribution in [0.4, 0.5) is 0 Å². The van der Waals surface area contributed by atoms with Crippen LogP contribution in [0.2, 0.25) is 0 Å². The lowest BCUT2D eigenvalue weighted by Gasteiger charge is -1.79. The van der Waals surface area contributed by atoms with Crippen LogP contribution in [0.3, 0.4) is 0 Å². The van der Waals surface area contributed by atoms with E-state index in [0.29, 0.717) is 11.5 Å². The molecule has 12 heavy (non-hydrogen) atoms. The number of oxazole rings is 1. The molecule has 1 aromatic carbocycles. The normalized spacial score (nSPS) is 11.3. The van der Waals surface area contributed by atoms with E-state index in [0.717, 1.165) is 11.7 Å². The molecule has 4 nitrogen and oxygen atoms in total. The van der Waals surface area contributed by atoms with Gasteiger partial charge in [-0.3, -0.25) is 0 Å². The zero-order valence-electron chi connectivity index (χ0n) is 6.14. The molecule has 0 fully saturated rings. The van der Waals surface area contributed by atoms with Crippen molar-refractivity contribution < 1.29 is 9.62 Å². The van der Waals surface area contributed by atoms with Crippen LogP contribution in [0.1, 0.15) is 5.89 Å². The van der Waals surface area contributed by atoms with Crippen LogP contribution in [0.15, 0.2) is 33.8 Å². The second-order valence-electron chi connectivity index (χ2n) is 2.26. The van der Waals surface area contributed by atoms with Crippen LogP contribution in [-0.4, -0.2) is 16.4 Å². The summed E-state index contributed by atoms with van der Waals surface area (Å²) in [5.74, 6) is 0.304. The molecule has 0 spiro atoms. The standard InChI is InChI=1S/C8H6N2O2/c11-9-5-8-10-6-3-1-2-4-7(6)12-8/h1-5,11H/b9-5-. The lowest BCUT2D eigenvalue weighted by atomic mass is 10.3. The molecule has 0 aliphatic carbocycles. The van der Waals surface area contributed by atoms with E-state index in [4.69, 9.17) is 9.62 Å². The molecule has 0 saturated carbocycles. The van der Waals surface area contributed by atoms with Crippen molar-refractivity contribution in [2.45, 2.75) is 0 Å². The summed E-state index contributed by atoms with van der Waals surface area (Å²) >= 11 is 0. The van der Waals surface area contributed by atoms with Crippen LogP contribution in [-0.2, 0) is 0 Å². The maximum Gasteiger partial charge on any atom is 0.241 e. The highest BCUT2D eigenvalue weighted by Crippen LogP contribution is 2.12. The van der Waals surface area contributed by atoms with Gasteiger partial charge in [0, 0.05) is 0 Å². The monoisotopic (exact) mass is 162 g/mol. The number of hydrogen-bond acceptors (Lipinski definition) is 4. The first kappa shape index (κ1) is 6.84. The molecule has 0 bridgehead atoms. The molecule has 0 unspecified atom stereocenters. The third-order valence-corrected chi connectivity index (χ3v) is 1.48. The smallest absolute Gasteiger partial charge is 0.241 e. The van der Waals surface area contributed by atoms with Gasteiger partial charge in [-0.2, -0.15) is 0 Å². The Morgan fingerprint density at radius 3 is 3.00 bits per heavy atom. The predicted octanol–water partition coefficient (Wildman–Crippen LogP) is 1.64. The van der Waals surface area contributed by atoms with Crippen molar-refractivity contribution in [3.05, 3.63) is 30.2 Å². The van der Waals surface area contributed by atoms with Gasteiger partial charge in [0.05, 0.1) is 0 Å². The van der Waals surface area contributed by atoms with Gasteiger partial charge in [0.25, 0.3) is 0 Å². The predicted molar refractivity (Wildman–Crippen MR) is 43.4 cm³/mol. The second-order valence-corrected chi connectivity index (χ2v) is 2.26. The number of nitrogens with zero attached hydrogens (tertiary/aromatic N) is 2. The van der Waals surface area contributed by atoms with Crippen molar-refractivity contribution in [1.29, 1.82) is 0 Å². The Bertz CT molecular complexity index is 387. The Hall–Kier alpha value is -1.84. The Morgan fingerprint density at radius 2 is 2.25 bits per heavy atom. The van der Waals surface area contributed by atoms with Crippen molar-refractivity contribution in [3.8, 4) is 0 Å². The molecule has 0 radical (unpaired) electrons. The topological polar surface area (TPSA) is 58.6 Å². The SMILES string of the molecule is O/N=C\c1nc2ccccc2o1. The summed E-state index contributed by atoms with van der Waals surface area (Å²) in [6.07, 6.45) is 1.15. The number of benzene rings is 1. The molecule has 0 amide bonds. The molecule has 0 aliphatic rings. The first-order valence-electron chi connectivity index (χ1n) is 3.43. The average molecular weight is 162 g/mol. The largest absolute Gasteiger partial charge is 0.435 e. The number of rotatable bonds is 1. The van der Waals surface area contributed by atoms with E-state index in [-0.39, 0.29) is 0 Å². The number of aromatic nitrogens is 1. The maximum absolute atomic E-state index is 8.21. The van der Waals surface area contributed by atoms with Crippen molar-refractivity contribution in [3.63, 3.8) is 0 Å². The van der Waals surface area contributed by atoms with Crippen molar-refractivity contribution in [2.24, 2.45) is 5.16 Å². The zero-order chi connectivity index (χ0) is 8.39. The highest BCUT2D eigenvalue weighted by molar-refractivity contribution is 5.80. The van der Waals surface area contributed by atoms with Gasteiger partial charge in [-0.1, -0.05) is 17.3 Å². The Kier molecular flexibility index (Phi) is 1.51. The molecular weight excluding hydrogens is 156 g/mol. The highest BCUT2D eigenvalue weighted by Gasteiger charge is 2.00. The van der Waals surface area contributed by atoms with E-state index in [2.05, 4.69) is 10.1 Å². The summed E-state index contributed by atoms with van der Waals surface area (Å²) in [4.78, 5) is 4.03. The zero-order valence-corrected chi connectivity index (χ0v) is 6.14. The van der Waals surface area contributed by atoms with Gasteiger partial charge in [0.15, 0.2) is 5.58 Å². The van der Waals surface area contributed by atoms with Crippen LogP contribution in [0.25, 0.3) is 11.1 Å². The average Bonchev–Trinajstić information content (AvgIpc) is 2.47. The minimum absolute atomic E-state index is 0.304. The van der Waals surface area contributed by atoms with Crippen LogP contribution in [0.5, 0.6) is 0 Å². The molecule has 0 saturated heterocycles. The molecule has 4 heteroatoms. The fourth-order valence-corrected chi connectivity index (χ4v) is 0.995. The minimum atomic E-state index is 0.304. The summed E-state index contributed by atoms with van der Waals surface area (Å²) in [7, 11) is 0. The van der Waals surface area contributed by atoms with E-state index in [1.807, 2.05) is 18.2 Å². The summed E-state index contributed by atoms with van der Waals surface area (Å²) in [5, 5.41) is 11.0. The number of oxime groups is 1. The van der Waals surface area contributed by atoms with Gasteiger partial charge in [-0.15, -0.1) is 0 Å². The summed E-state index contributed by atoms with van der Waals surface area (Å²) < 4.78 is 5.19. The third-order valence-electron chi connectivity index (χ3n) is 1.48. The molecule has 1 aromatic heterocycles. The quantitative estimate of drug-likeness (QED) is 0.394. The van der Waals surface area contributed by atoms with Crippen LogP contribution < -0.4 is 0 Å². The molecule has 0 atom stereocenters. The Morgan fingerprint density at radius 1 is 1.42 bits per heavy atom. The van der Waals surface area contributed by atoms with E-state index >= 15 is 0 Å². The summed E-state index contributed by atoms with van der Waals surface area (Å²) in [6.45, 7) is 0. The van der Waals surface area contributed by atoms with E-state index in [1.165, 1.54) is 0 Å². The molecule has 1 N–H and O–H groups in total. The molecule has 0 aliphatic heterocycles. The van der Waals surface area contributed by atoms with Gasteiger partial charge in [0.2, 0.25) is 5.89 Å². The van der Waals surface area contributed by atoms with Gasteiger partial charge in [-0.05, 0) is 12.1 Å². The van der Waals surface area contributed by atoms with Gasteiger partial charge in [0.1, 0.15) is 11.7 Å². The molecular formula is C8H6N2O2. The molecule has 60 valence electrons. The van der Waals surface area contributed by atoms with E-state index < -0.39 is 0 Å². The first-order valence-corrected chi connectivity index (χ1v) is 3.43. The summed E-state index contributed by atoms with van der Waals surface area (Å²) in [6, 6.07) is 7.35. The Balaban J connectivity index is 2.62. The molecule has 2 aromatic rings. The van der Waals surface area contributed by atoms with Crippen molar-refractivity contribution >= 4 is 17.3 Å². The van der Waals surface area contributed by atoms with E-state index in [9.17, 15) is 0 Å². The fourth-order valence-electron chi connectivity index (χ4n) is 0.995. The molecule has 1 heterocycles. The van der Waals surface area contributed by atoms with E-state index in [1.54, 1.807) is 6.07 Å². The molecule has 2 rings (SSSR count). The van der Waals surface area contributed by atoms with Gasteiger partial charge in [-0.25, -0.2) is 4.98 Å². The Labute approximate surface area is 68.1 Å². The lowest BCUT2D eigenvalue weighted by Crippen LogP contribution is -1.77. The number of para-hydroxylation sites is 2.